The lowest BCUT2D eigenvalue weighted by Gasteiger charge is -2.38. The number of carbonyl (C=O) groups excluding carboxylic acids is 1. The van der Waals surface area contributed by atoms with E-state index in [0.717, 1.165) is 35.3 Å². The van der Waals surface area contributed by atoms with Crippen LogP contribution in [-0.2, 0) is 12.5 Å². The maximum Gasteiger partial charge on any atom is 0.272 e. The molecular formula is C14H17ClN4OS. The number of aromatic nitrogens is 3. The molecule has 0 saturated carbocycles. The maximum absolute atomic E-state index is 12.5. The average Bonchev–Trinajstić information content (AvgIpc) is 3.08. The fourth-order valence-corrected chi connectivity index (χ4v) is 3.81. The van der Waals surface area contributed by atoms with E-state index < -0.39 is 0 Å². The zero-order chi connectivity index (χ0) is 15.0. The van der Waals surface area contributed by atoms with E-state index >= 15 is 0 Å². The molecule has 0 aliphatic carbocycles. The number of amides is 1. The third-order valence-corrected chi connectivity index (χ3v) is 5.61. The van der Waals surface area contributed by atoms with Crippen molar-refractivity contribution in [2.24, 2.45) is 7.05 Å². The number of carbonyl (C=O) groups is 1. The summed E-state index contributed by atoms with van der Waals surface area (Å²) >= 11 is 7.53. The van der Waals surface area contributed by atoms with Gasteiger partial charge in [0, 0.05) is 31.7 Å². The van der Waals surface area contributed by atoms with Gasteiger partial charge in [0.1, 0.15) is 15.0 Å². The first-order valence-corrected chi connectivity index (χ1v) is 8.08. The number of rotatable bonds is 2. The Morgan fingerprint density at radius 1 is 1.43 bits per heavy atom. The second-order valence-corrected chi connectivity index (χ2v) is 7.32. The van der Waals surface area contributed by atoms with E-state index in [4.69, 9.17) is 11.6 Å². The van der Waals surface area contributed by atoms with Gasteiger partial charge in [-0.1, -0.05) is 18.5 Å². The van der Waals surface area contributed by atoms with E-state index in [0.29, 0.717) is 5.69 Å². The molecular weight excluding hydrogens is 308 g/mol. The molecule has 0 radical (unpaired) electrons. The van der Waals surface area contributed by atoms with E-state index in [-0.39, 0.29) is 11.3 Å². The van der Waals surface area contributed by atoms with E-state index in [1.54, 1.807) is 30.2 Å². The minimum Gasteiger partial charge on any atom is -0.337 e. The van der Waals surface area contributed by atoms with Crippen molar-refractivity contribution < 1.29 is 4.79 Å². The van der Waals surface area contributed by atoms with Crippen LogP contribution in [0.5, 0.6) is 0 Å². The Morgan fingerprint density at radius 3 is 2.67 bits per heavy atom. The Balaban J connectivity index is 1.70. The number of hydrogen-bond acceptors (Lipinski definition) is 4. The number of halogens is 1. The number of thiazole rings is 1. The number of piperidine rings is 1. The van der Waals surface area contributed by atoms with Crippen LogP contribution < -0.4 is 0 Å². The maximum atomic E-state index is 12.5. The molecule has 0 bridgehead atoms. The van der Waals surface area contributed by atoms with Gasteiger partial charge in [0.25, 0.3) is 5.91 Å². The van der Waals surface area contributed by atoms with Crippen LogP contribution >= 0.6 is 22.9 Å². The van der Waals surface area contributed by atoms with Gasteiger partial charge in [-0.15, -0.1) is 11.3 Å². The van der Waals surface area contributed by atoms with Gasteiger partial charge >= 0.3 is 0 Å². The summed E-state index contributed by atoms with van der Waals surface area (Å²) in [6, 6.07) is 1.76. The molecule has 1 saturated heterocycles. The summed E-state index contributed by atoms with van der Waals surface area (Å²) in [6.07, 6.45) is 5.17. The Morgan fingerprint density at radius 2 is 2.14 bits per heavy atom. The first-order valence-electron chi connectivity index (χ1n) is 6.89. The molecule has 2 aromatic heterocycles. The Bertz CT molecular complexity index is 657. The number of nitrogens with zero attached hydrogens (tertiary/aromatic N) is 4. The molecule has 0 unspecified atom stereocenters. The summed E-state index contributed by atoms with van der Waals surface area (Å²) in [5.41, 5.74) is 0.650. The summed E-state index contributed by atoms with van der Waals surface area (Å²) in [4.78, 5) is 18.8. The molecule has 0 N–H and O–H groups in total. The second kappa shape index (κ2) is 5.42. The van der Waals surface area contributed by atoms with Gasteiger partial charge < -0.3 is 4.90 Å². The summed E-state index contributed by atoms with van der Waals surface area (Å²) in [5, 5.41) is 5.13. The topological polar surface area (TPSA) is 51.0 Å². The molecule has 1 aliphatic rings. The lowest BCUT2D eigenvalue weighted by atomic mass is 9.81. The van der Waals surface area contributed by atoms with Crippen LogP contribution in [-0.4, -0.2) is 38.7 Å². The molecule has 1 fully saturated rings. The zero-order valence-corrected chi connectivity index (χ0v) is 13.6. The minimum absolute atomic E-state index is 0.0149. The zero-order valence-electron chi connectivity index (χ0n) is 12.0. The first kappa shape index (κ1) is 14.5. The van der Waals surface area contributed by atoms with Crippen molar-refractivity contribution >= 4 is 28.8 Å². The van der Waals surface area contributed by atoms with Crippen LogP contribution in [0.4, 0.5) is 0 Å². The van der Waals surface area contributed by atoms with Crippen molar-refractivity contribution in [3.63, 3.8) is 0 Å². The molecule has 0 aromatic carbocycles. The van der Waals surface area contributed by atoms with Crippen LogP contribution in [0.3, 0.4) is 0 Å². The van der Waals surface area contributed by atoms with Gasteiger partial charge in [-0.3, -0.25) is 9.48 Å². The summed E-state index contributed by atoms with van der Waals surface area (Å²) in [5.74, 6) is 0.0502. The average molecular weight is 325 g/mol. The van der Waals surface area contributed by atoms with Gasteiger partial charge in [-0.05, 0) is 18.9 Å². The SMILES string of the molecule is Cn1nccc1C(=O)N1CCC(C)(c2ncc(Cl)s2)CC1. The fourth-order valence-electron chi connectivity index (χ4n) is 2.70. The van der Waals surface area contributed by atoms with Gasteiger partial charge in [0.05, 0.1) is 6.20 Å². The van der Waals surface area contributed by atoms with Gasteiger partial charge in [0.2, 0.25) is 0 Å². The Labute approximate surface area is 132 Å². The normalized spacial score (nSPS) is 18.0. The third kappa shape index (κ3) is 2.70. The van der Waals surface area contributed by atoms with E-state index in [1.807, 2.05) is 4.90 Å². The lowest BCUT2D eigenvalue weighted by molar-refractivity contribution is 0.0665. The minimum atomic E-state index is 0.0149. The molecule has 0 atom stereocenters. The summed E-state index contributed by atoms with van der Waals surface area (Å²) in [7, 11) is 1.79. The molecule has 7 heteroatoms. The highest BCUT2D eigenvalue weighted by Gasteiger charge is 2.36. The van der Waals surface area contributed by atoms with Gasteiger partial charge in [-0.2, -0.15) is 5.10 Å². The van der Waals surface area contributed by atoms with E-state index in [9.17, 15) is 4.79 Å². The highest BCUT2D eigenvalue weighted by Crippen LogP contribution is 2.38. The molecule has 3 heterocycles. The number of aryl methyl sites for hydroxylation is 1. The molecule has 112 valence electrons. The molecule has 1 aliphatic heterocycles. The van der Waals surface area contributed by atoms with E-state index in [2.05, 4.69) is 17.0 Å². The molecule has 21 heavy (non-hydrogen) atoms. The molecule has 0 spiro atoms. The number of hydrogen-bond donors (Lipinski definition) is 0. The van der Waals surface area contributed by atoms with Crippen molar-refractivity contribution in [2.45, 2.75) is 25.2 Å². The van der Waals surface area contributed by atoms with Crippen molar-refractivity contribution in [1.29, 1.82) is 0 Å². The number of likely N-dealkylation sites (tertiary alicyclic amines) is 1. The van der Waals surface area contributed by atoms with Gasteiger partial charge in [-0.25, -0.2) is 4.98 Å². The van der Waals surface area contributed by atoms with Crippen molar-refractivity contribution in [1.82, 2.24) is 19.7 Å². The van der Waals surface area contributed by atoms with Crippen LogP contribution in [0.2, 0.25) is 4.34 Å². The highest BCUT2D eigenvalue weighted by atomic mass is 35.5. The largest absolute Gasteiger partial charge is 0.337 e. The molecule has 2 aromatic rings. The standard InChI is InChI=1S/C14H17ClN4OS/c1-14(13-16-9-11(15)21-13)4-7-19(8-5-14)12(20)10-3-6-17-18(10)2/h3,6,9H,4-5,7-8H2,1-2H3. The molecule has 5 nitrogen and oxygen atoms in total. The summed E-state index contributed by atoms with van der Waals surface area (Å²) < 4.78 is 2.34. The smallest absolute Gasteiger partial charge is 0.272 e. The second-order valence-electron chi connectivity index (χ2n) is 5.66. The lowest BCUT2D eigenvalue weighted by Crippen LogP contribution is -2.44. The van der Waals surface area contributed by atoms with Crippen LogP contribution in [0.1, 0.15) is 35.3 Å². The quantitative estimate of drug-likeness (QED) is 0.853. The fraction of sp³-hybridized carbons (Fsp3) is 0.500. The van der Waals surface area contributed by atoms with Crippen molar-refractivity contribution in [2.75, 3.05) is 13.1 Å². The Hall–Kier alpha value is -1.40. The van der Waals surface area contributed by atoms with Crippen LogP contribution in [0, 0.1) is 0 Å². The molecule has 3 rings (SSSR count). The highest BCUT2D eigenvalue weighted by molar-refractivity contribution is 7.15. The van der Waals surface area contributed by atoms with Gasteiger partial charge in [0.15, 0.2) is 0 Å². The van der Waals surface area contributed by atoms with Crippen LogP contribution in [0.25, 0.3) is 0 Å². The Kier molecular flexibility index (Phi) is 3.75. The monoisotopic (exact) mass is 324 g/mol. The van der Waals surface area contributed by atoms with Crippen molar-refractivity contribution in [3.05, 3.63) is 33.5 Å². The van der Waals surface area contributed by atoms with Crippen LogP contribution in [0.15, 0.2) is 18.5 Å². The first-order chi connectivity index (χ1) is 9.99. The van der Waals surface area contributed by atoms with E-state index in [1.165, 1.54) is 11.3 Å². The van der Waals surface area contributed by atoms with Crippen molar-refractivity contribution in [3.8, 4) is 0 Å². The summed E-state index contributed by atoms with van der Waals surface area (Å²) in [6.45, 7) is 3.67. The molecule has 1 amide bonds. The predicted octanol–water partition coefficient (Wildman–Crippen LogP) is 2.72. The predicted molar refractivity (Wildman–Crippen MR) is 82.8 cm³/mol. The third-order valence-electron chi connectivity index (χ3n) is 4.19.